The molecule has 7 aromatic heterocycles. The highest BCUT2D eigenvalue weighted by atomic mass is 35.5. The van der Waals surface area contributed by atoms with Crippen LogP contribution >= 0.6 is 12.4 Å². The summed E-state index contributed by atoms with van der Waals surface area (Å²) in [5.74, 6) is -4.17. The van der Waals surface area contributed by atoms with Crippen LogP contribution in [-0.4, -0.2) is 84.2 Å². The van der Waals surface area contributed by atoms with E-state index >= 15 is 0 Å². The van der Waals surface area contributed by atoms with Gasteiger partial charge in [-0.3, -0.25) is 39.1 Å². The van der Waals surface area contributed by atoms with E-state index in [1.165, 1.54) is 0 Å². The third kappa shape index (κ3) is 9.14. The number of hydrogen-bond acceptors (Lipinski definition) is 10. The van der Waals surface area contributed by atoms with Crippen molar-refractivity contribution in [2.24, 2.45) is 0 Å². The first kappa shape index (κ1) is 43.0. The molecule has 9 rings (SSSR count). The molecular formula is C48H35ClN8O8. The predicted octanol–water partition coefficient (Wildman–Crippen LogP) is 7.83. The molecule has 0 saturated carbocycles. The van der Waals surface area contributed by atoms with Crippen molar-refractivity contribution in [2.45, 2.75) is 25.7 Å². The Morgan fingerprint density at radius 1 is 0.385 bits per heavy atom. The van der Waals surface area contributed by atoms with Gasteiger partial charge in [0.25, 0.3) is 0 Å². The van der Waals surface area contributed by atoms with E-state index in [0.717, 1.165) is 0 Å². The summed E-state index contributed by atoms with van der Waals surface area (Å²) in [4.78, 5) is 82.0. The van der Waals surface area contributed by atoms with Gasteiger partial charge in [0.2, 0.25) is 0 Å². The number of nitrogens with one attached hydrogen (secondary N) is 2. The van der Waals surface area contributed by atoms with Crippen LogP contribution in [-0.2, 0) is 44.9 Å². The minimum absolute atomic E-state index is 0. The van der Waals surface area contributed by atoms with Crippen molar-refractivity contribution in [3.8, 4) is 44.5 Å². The number of pyridine rings is 4. The molecule has 0 fully saturated rings. The van der Waals surface area contributed by atoms with Crippen molar-refractivity contribution in [3.63, 3.8) is 0 Å². The van der Waals surface area contributed by atoms with E-state index in [1.807, 2.05) is 48.6 Å². The quantitative estimate of drug-likeness (QED) is 0.0683. The Morgan fingerprint density at radius 3 is 0.831 bits per heavy atom. The third-order valence-electron chi connectivity index (χ3n) is 10.5. The molecule has 0 amide bonds. The maximum absolute atomic E-state index is 11.8. The SMILES string of the molecule is Cl.O=C(O)Cc1cc(-c2c3nc(c(-c4ccnc(CC(=O)O)c4)c4ccc([nH]4)c(-c4ccnc(CC(=O)O)c4)c4nc(c(-c5ccnc(CC(=O)O)c5)c5ccc2[nH]5)C=C4)C=C3)ccn1. The average molecular weight is 887 g/mol. The largest absolute Gasteiger partial charge is 0.481 e. The van der Waals surface area contributed by atoms with Crippen LogP contribution in [0.4, 0.5) is 0 Å². The van der Waals surface area contributed by atoms with E-state index < -0.39 is 23.9 Å². The first-order chi connectivity index (χ1) is 30.9. The number of carboxylic acids is 4. The van der Waals surface area contributed by atoms with Gasteiger partial charge in [-0.1, -0.05) is 0 Å². The Balaban J connectivity index is 0.00000576. The van der Waals surface area contributed by atoms with Crippen LogP contribution in [0, 0.1) is 0 Å². The lowest BCUT2D eigenvalue weighted by Gasteiger charge is -2.08. The Hall–Kier alpha value is -8.63. The Bertz CT molecular complexity index is 2910. The van der Waals surface area contributed by atoms with Crippen LogP contribution < -0.4 is 0 Å². The second-order valence-corrected chi connectivity index (χ2v) is 14.9. The average Bonchev–Trinajstić information content (AvgIpc) is 4.09. The van der Waals surface area contributed by atoms with Gasteiger partial charge in [-0.25, -0.2) is 9.97 Å². The molecule has 0 atom stereocenters. The predicted molar refractivity (Wildman–Crippen MR) is 244 cm³/mol. The Morgan fingerprint density at radius 2 is 0.615 bits per heavy atom. The molecule has 16 nitrogen and oxygen atoms in total. The fourth-order valence-corrected chi connectivity index (χ4v) is 7.96. The van der Waals surface area contributed by atoms with Crippen molar-refractivity contribution in [2.75, 3.05) is 0 Å². The molecule has 0 saturated heterocycles. The lowest BCUT2D eigenvalue weighted by Crippen LogP contribution is -2.02. The van der Waals surface area contributed by atoms with E-state index in [-0.39, 0.29) is 38.1 Å². The molecule has 0 unspecified atom stereocenters. The first-order valence-electron chi connectivity index (χ1n) is 19.8. The van der Waals surface area contributed by atoms with E-state index in [0.29, 0.717) is 112 Å². The molecule has 8 bridgehead atoms. The summed E-state index contributed by atoms with van der Waals surface area (Å²) in [7, 11) is 0. The molecule has 322 valence electrons. The van der Waals surface area contributed by atoms with Gasteiger partial charge in [-0.05, 0) is 119 Å². The number of aromatic nitrogens is 8. The highest BCUT2D eigenvalue weighted by molar-refractivity contribution is 6.00. The monoisotopic (exact) mass is 886 g/mol. The molecule has 2 aliphatic heterocycles. The fraction of sp³-hybridized carbons (Fsp3) is 0.0833. The van der Waals surface area contributed by atoms with E-state index in [9.17, 15) is 39.6 Å². The van der Waals surface area contributed by atoms with Gasteiger partial charge in [0, 0.05) is 69.1 Å². The molecule has 0 aromatic carbocycles. The second kappa shape index (κ2) is 18.0. The molecule has 0 spiro atoms. The summed E-state index contributed by atoms with van der Waals surface area (Å²) >= 11 is 0. The maximum Gasteiger partial charge on any atom is 0.309 e. The molecule has 7 aromatic rings. The zero-order valence-electron chi connectivity index (χ0n) is 33.9. The molecule has 0 aliphatic carbocycles. The summed E-state index contributed by atoms with van der Waals surface area (Å²) in [6.45, 7) is 0. The number of hydrogen-bond donors (Lipinski definition) is 6. The lowest BCUT2D eigenvalue weighted by molar-refractivity contribution is -0.137. The van der Waals surface area contributed by atoms with Crippen molar-refractivity contribution in [1.29, 1.82) is 0 Å². The summed E-state index contributed by atoms with van der Waals surface area (Å²) in [5, 5.41) is 38.6. The van der Waals surface area contributed by atoms with Crippen molar-refractivity contribution >= 4 is 82.7 Å². The number of carbonyl (C=O) groups is 4. The van der Waals surface area contributed by atoms with Gasteiger partial charge in [0.15, 0.2) is 0 Å². The summed E-state index contributed by atoms with van der Waals surface area (Å²) in [6, 6.07) is 21.4. The van der Waals surface area contributed by atoms with E-state index in [4.69, 9.17) is 9.97 Å². The van der Waals surface area contributed by atoms with Crippen molar-refractivity contribution < 1.29 is 39.6 Å². The summed E-state index contributed by atoms with van der Waals surface area (Å²) in [6.07, 6.45) is 12.3. The van der Waals surface area contributed by atoms with E-state index in [1.54, 1.807) is 73.3 Å². The molecule has 2 aliphatic rings. The number of rotatable bonds is 12. The molecule has 6 N–H and O–H groups in total. The number of nitrogens with zero attached hydrogens (tertiary/aromatic N) is 6. The second-order valence-electron chi connectivity index (χ2n) is 14.9. The van der Waals surface area contributed by atoms with Gasteiger partial charge in [-0.15, -0.1) is 12.4 Å². The van der Waals surface area contributed by atoms with Gasteiger partial charge in [0.1, 0.15) is 0 Å². The van der Waals surface area contributed by atoms with Crippen LogP contribution in [0.3, 0.4) is 0 Å². The van der Waals surface area contributed by atoms with Gasteiger partial charge in [-0.2, -0.15) is 0 Å². The topological polar surface area (TPSA) is 258 Å². The van der Waals surface area contributed by atoms with Crippen molar-refractivity contribution in [1.82, 2.24) is 39.9 Å². The standard InChI is InChI=1S/C48H34N8O8.ClH/c57-41(58)21-29-17-25(9-13-49-29)45-33-1-2-34(53-33)46(26-10-14-50-30(18-26)22-42(59)60)36-5-6-38(55-36)48(28-12-16-52-32(20-28)24-44(63)64)40-8-7-39(56-40)47(37-4-3-35(45)54-37)27-11-15-51-31(19-27)23-43(61)62;/h1-20,53,56H,21-24H2,(H,57,58)(H,59,60)(H,61,62)(H,63,64);1H. The summed E-state index contributed by atoms with van der Waals surface area (Å²) in [5.41, 5.74) is 10.8. The van der Waals surface area contributed by atoms with Gasteiger partial charge >= 0.3 is 23.9 Å². The normalized spacial score (nSPS) is 11.6. The third-order valence-corrected chi connectivity index (χ3v) is 10.5. The number of fused-ring (bicyclic) bond motifs is 8. The fourth-order valence-electron chi connectivity index (χ4n) is 7.96. The molecule has 9 heterocycles. The molecule has 65 heavy (non-hydrogen) atoms. The first-order valence-corrected chi connectivity index (χ1v) is 19.8. The van der Waals surface area contributed by atoms with Crippen LogP contribution in [0.15, 0.2) is 97.6 Å². The highest BCUT2D eigenvalue weighted by Crippen LogP contribution is 2.38. The zero-order chi connectivity index (χ0) is 44.5. The number of aromatic amines is 2. The Kier molecular flexibility index (Phi) is 11.9. The minimum atomic E-state index is -1.04. The van der Waals surface area contributed by atoms with Crippen LogP contribution in [0.5, 0.6) is 0 Å². The van der Waals surface area contributed by atoms with Gasteiger partial charge < -0.3 is 30.4 Å². The molecule has 0 radical (unpaired) electrons. The van der Waals surface area contributed by atoms with E-state index in [2.05, 4.69) is 29.9 Å². The van der Waals surface area contributed by atoms with Crippen LogP contribution in [0.2, 0.25) is 0 Å². The number of halogens is 1. The zero-order valence-corrected chi connectivity index (χ0v) is 34.7. The van der Waals surface area contributed by atoms with Crippen LogP contribution in [0.25, 0.3) is 90.9 Å². The number of aliphatic carboxylic acids is 4. The van der Waals surface area contributed by atoms with Gasteiger partial charge in [0.05, 0.1) is 71.2 Å². The highest BCUT2D eigenvalue weighted by Gasteiger charge is 2.21. The number of H-pyrrole nitrogens is 2. The number of carboxylic acid groups (broad SMARTS) is 4. The van der Waals surface area contributed by atoms with Crippen LogP contribution in [0.1, 0.15) is 45.6 Å². The molecular weight excluding hydrogens is 852 g/mol. The smallest absolute Gasteiger partial charge is 0.309 e. The lowest BCUT2D eigenvalue weighted by atomic mass is 10.0. The Labute approximate surface area is 374 Å². The van der Waals surface area contributed by atoms with Crippen molar-refractivity contribution in [3.05, 3.63) is 143 Å². The minimum Gasteiger partial charge on any atom is -0.481 e. The maximum atomic E-state index is 11.8. The molecule has 17 heteroatoms. The summed E-state index contributed by atoms with van der Waals surface area (Å²) < 4.78 is 0.